The SMILES string of the molecule is COc1ccccc1N(C)Cc1ccc(F)cc1CN. The van der Waals surface area contributed by atoms with Crippen molar-refractivity contribution < 1.29 is 9.13 Å². The van der Waals surface area contributed by atoms with Crippen molar-refractivity contribution in [3.05, 3.63) is 59.4 Å². The summed E-state index contributed by atoms with van der Waals surface area (Å²) < 4.78 is 18.6. The summed E-state index contributed by atoms with van der Waals surface area (Å²) in [6.07, 6.45) is 0. The lowest BCUT2D eigenvalue weighted by molar-refractivity contribution is 0.415. The summed E-state index contributed by atoms with van der Waals surface area (Å²) in [7, 11) is 3.62. The monoisotopic (exact) mass is 274 g/mol. The average Bonchev–Trinajstić information content (AvgIpc) is 2.48. The van der Waals surface area contributed by atoms with E-state index in [4.69, 9.17) is 10.5 Å². The quantitative estimate of drug-likeness (QED) is 0.911. The molecule has 0 spiro atoms. The van der Waals surface area contributed by atoms with Gasteiger partial charge in [0.25, 0.3) is 0 Å². The maximum atomic E-state index is 13.2. The van der Waals surface area contributed by atoms with E-state index in [1.165, 1.54) is 12.1 Å². The van der Waals surface area contributed by atoms with Gasteiger partial charge in [0, 0.05) is 20.1 Å². The van der Waals surface area contributed by atoms with Crippen LogP contribution in [0.15, 0.2) is 42.5 Å². The van der Waals surface area contributed by atoms with E-state index in [-0.39, 0.29) is 5.82 Å². The Balaban J connectivity index is 2.25. The molecule has 20 heavy (non-hydrogen) atoms. The van der Waals surface area contributed by atoms with Crippen LogP contribution in [0.4, 0.5) is 10.1 Å². The second-order valence-corrected chi connectivity index (χ2v) is 4.65. The molecule has 4 heteroatoms. The zero-order valence-electron chi connectivity index (χ0n) is 11.8. The van der Waals surface area contributed by atoms with Gasteiger partial charge < -0.3 is 15.4 Å². The number of ether oxygens (including phenoxy) is 1. The molecule has 0 aromatic heterocycles. The van der Waals surface area contributed by atoms with Gasteiger partial charge in [-0.1, -0.05) is 18.2 Å². The first kappa shape index (κ1) is 14.3. The first-order valence-electron chi connectivity index (χ1n) is 6.47. The normalized spacial score (nSPS) is 10.4. The minimum Gasteiger partial charge on any atom is -0.495 e. The fourth-order valence-corrected chi connectivity index (χ4v) is 2.22. The molecule has 106 valence electrons. The molecule has 0 unspecified atom stereocenters. The number of methoxy groups -OCH3 is 1. The van der Waals surface area contributed by atoms with Gasteiger partial charge >= 0.3 is 0 Å². The summed E-state index contributed by atoms with van der Waals surface area (Å²) >= 11 is 0. The Labute approximate surface area is 118 Å². The van der Waals surface area contributed by atoms with Crippen LogP contribution >= 0.6 is 0 Å². The van der Waals surface area contributed by atoms with Gasteiger partial charge in [-0.2, -0.15) is 0 Å². The fourth-order valence-electron chi connectivity index (χ4n) is 2.22. The van der Waals surface area contributed by atoms with Crippen LogP contribution in [-0.2, 0) is 13.1 Å². The lowest BCUT2D eigenvalue weighted by atomic mass is 10.1. The lowest BCUT2D eigenvalue weighted by Gasteiger charge is -2.23. The highest BCUT2D eigenvalue weighted by Gasteiger charge is 2.10. The largest absolute Gasteiger partial charge is 0.495 e. The Morgan fingerprint density at radius 2 is 1.90 bits per heavy atom. The maximum absolute atomic E-state index is 13.2. The minimum atomic E-state index is -0.255. The Kier molecular flexibility index (Phi) is 4.58. The highest BCUT2D eigenvalue weighted by atomic mass is 19.1. The van der Waals surface area contributed by atoms with E-state index in [1.807, 2.05) is 31.3 Å². The molecule has 0 aliphatic carbocycles. The van der Waals surface area contributed by atoms with E-state index in [9.17, 15) is 4.39 Å². The average molecular weight is 274 g/mol. The molecular formula is C16H19FN2O. The number of hydrogen-bond donors (Lipinski definition) is 1. The zero-order chi connectivity index (χ0) is 14.5. The third-order valence-electron chi connectivity index (χ3n) is 3.29. The van der Waals surface area contributed by atoms with Crippen molar-refractivity contribution in [2.24, 2.45) is 5.73 Å². The molecule has 2 aromatic carbocycles. The van der Waals surface area contributed by atoms with Crippen molar-refractivity contribution in [3.63, 3.8) is 0 Å². The summed E-state index contributed by atoms with van der Waals surface area (Å²) in [5.41, 5.74) is 8.51. The van der Waals surface area contributed by atoms with Gasteiger partial charge in [-0.25, -0.2) is 4.39 Å². The molecule has 2 N–H and O–H groups in total. The van der Waals surface area contributed by atoms with Crippen LogP contribution in [-0.4, -0.2) is 14.2 Å². The smallest absolute Gasteiger partial charge is 0.142 e. The second-order valence-electron chi connectivity index (χ2n) is 4.65. The number of hydrogen-bond acceptors (Lipinski definition) is 3. The molecule has 2 aromatic rings. The molecule has 0 radical (unpaired) electrons. The number of para-hydroxylation sites is 2. The van der Waals surface area contributed by atoms with Gasteiger partial charge in [0.1, 0.15) is 11.6 Å². The van der Waals surface area contributed by atoms with E-state index in [1.54, 1.807) is 13.2 Å². The number of nitrogens with two attached hydrogens (primary N) is 1. The van der Waals surface area contributed by atoms with Crippen LogP contribution in [0, 0.1) is 5.82 Å². The van der Waals surface area contributed by atoms with E-state index in [0.29, 0.717) is 13.1 Å². The van der Waals surface area contributed by atoms with Gasteiger partial charge in [-0.15, -0.1) is 0 Å². The topological polar surface area (TPSA) is 38.5 Å². The van der Waals surface area contributed by atoms with E-state index in [0.717, 1.165) is 22.6 Å². The van der Waals surface area contributed by atoms with Crippen LogP contribution in [0.2, 0.25) is 0 Å². The first-order valence-corrected chi connectivity index (χ1v) is 6.47. The lowest BCUT2D eigenvalue weighted by Crippen LogP contribution is -2.19. The Hall–Kier alpha value is -2.07. The summed E-state index contributed by atoms with van der Waals surface area (Å²) in [5, 5.41) is 0. The zero-order valence-corrected chi connectivity index (χ0v) is 11.8. The third-order valence-corrected chi connectivity index (χ3v) is 3.29. The van der Waals surface area contributed by atoms with Crippen LogP contribution in [0.3, 0.4) is 0 Å². The summed E-state index contributed by atoms with van der Waals surface area (Å²) in [4.78, 5) is 2.06. The van der Waals surface area contributed by atoms with E-state index in [2.05, 4.69) is 4.90 Å². The van der Waals surface area contributed by atoms with Gasteiger partial charge in [0.05, 0.1) is 12.8 Å². The molecule has 0 atom stereocenters. The minimum absolute atomic E-state index is 0.255. The molecular weight excluding hydrogens is 255 g/mol. The van der Waals surface area contributed by atoms with Crippen molar-refractivity contribution in [2.45, 2.75) is 13.1 Å². The maximum Gasteiger partial charge on any atom is 0.142 e. The summed E-state index contributed by atoms with van der Waals surface area (Å²) in [6, 6.07) is 12.5. The third kappa shape index (κ3) is 3.08. The fraction of sp³-hybridized carbons (Fsp3) is 0.250. The van der Waals surface area contributed by atoms with Crippen molar-refractivity contribution in [2.75, 3.05) is 19.1 Å². The van der Waals surface area contributed by atoms with Crippen LogP contribution in [0.5, 0.6) is 5.75 Å². The molecule has 0 bridgehead atoms. The van der Waals surface area contributed by atoms with Crippen LogP contribution < -0.4 is 15.4 Å². The van der Waals surface area contributed by atoms with Gasteiger partial charge in [0.2, 0.25) is 0 Å². The van der Waals surface area contributed by atoms with Crippen LogP contribution in [0.25, 0.3) is 0 Å². The van der Waals surface area contributed by atoms with Crippen molar-refractivity contribution in [3.8, 4) is 5.75 Å². The molecule has 0 aliphatic heterocycles. The standard InChI is InChI=1S/C16H19FN2O/c1-19(15-5-3-4-6-16(15)20-2)11-12-7-8-14(17)9-13(12)10-18/h3-9H,10-11,18H2,1-2H3. The van der Waals surface area contributed by atoms with E-state index < -0.39 is 0 Å². The molecule has 0 aliphatic rings. The van der Waals surface area contributed by atoms with Crippen molar-refractivity contribution in [1.29, 1.82) is 0 Å². The van der Waals surface area contributed by atoms with Gasteiger partial charge in [-0.05, 0) is 35.4 Å². The molecule has 0 saturated heterocycles. The number of rotatable bonds is 5. The highest BCUT2D eigenvalue weighted by Crippen LogP contribution is 2.28. The molecule has 0 heterocycles. The number of benzene rings is 2. The highest BCUT2D eigenvalue weighted by molar-refractivity contribution is 5.58. The van der Waals surface area contributed by atoms with Crippen molar-refractivity contribution in [1.82, 2.24) is 0 Å². The van der Waals surface area contributed by atoms with Gasteiger partial charge in [-0.3, -0.25) is 0 Å². The molecule has 2 rings (SSSR count). The first-order chi connectivity index (χ1) is 9.65. The second kappa shape index (κ2) is 6.39. The molecule has 0 saturated carbocycles. The van der Waals surface area contributed by atoms with Crippen molar-refractivity contribution >= 4 is 5.69 Å². The molecule has 3 nitrogen and oxygen atoms in total. The summed E-state index contributed by atoms with van der Waals surface area (Å²) in [5.74, 6) is 0.556. The predicted octanol–water partition coefficient (Wildman–Crippen LogP) is 2.93. The predicted molar refractivity (Wildman–Crippen MR) is 79.4 cm³/mol. The Morgan fingerprint density at radius 3 is 2.60 bits per heavy atom. The number of nitrogens with zero attached hydrogens (tertiary/aromatic N) is 1. The number of halogens is 1. The molecule has 0 amide bonds. The number of anilines is 1. The van der Waals surface area contributed by atoms with Crippen LogP contribution in [0.1, 0.15) is 11.1 Å². The summed E-state index contributed by atoms with van der Waals surface area (Å²) in [6.45, 7) is 0.972. The van der Waals surface area contributed by atoms with E-state index >= 15 is 0 Å². The Bertz CT molecular complexity index is 586. The Morgan fingerprint density at radius 1 is 1.15 bits per heavy atom. The molecule has 0 fully saturated rings. The van der Waals surface area contributed by atoms with Gasteiger partial charge in [0.15, 0.2) is 0 Å².